The van der Waals surface area contributed by atoms with Gasteiger partial charge in [0.1, 0.15) is 11.6 Å². The molecule has 4 aliphatic heterocycles. The summed E-state index contributed by atoms with van der Waals surface area (Å²) in [5, 5.41) is 1.73. The Hall–Kier alpha value is -5.13. The summed E-state index contributed by atoms with van der Waals surface area (Å²) in [6.07, 6.45) is 14.7. The largest absolute Gasteiger partial charge is 0.337 e. The van der Waals surface area contributed by atoms with E-state index in [2.05, 4.69) is 53.9 Å². The van der Waals surface area contributed by atoms with Crippen molar-refractivity contribution in [3.8, 4) is 0 Å². The molecule has 0 atom stereocenters. The second-order valence-corrected chi connectivity index (χ2v) is 19.5. The van der Waals surface area contributed by atoms with E-state index in [1.807, 2.05) is 48.5 Å². The predicted octanol–water partition coefficient (Wildman–Crippen LogP) is 13.0. The van der Waals surface area contributed by atoms with Crippen LogP contribution in [-0.2, 0) is 10.8 Å². The molecule has 2 spiro atoms. The zero-order valence-electron chi connectivity index (χ0n) is 36.0. The normalized spacial score (nSPS) is 18.0. The third kappa shape index (κ3) is 8.66. The topological polar surface area (TPSA) is 55.8 Å². The standard InChI is InChI=1S/C53H46Cl4F2N6O/c54-37-9-5-35(6-10-37)3-1-25-62-27-19-52(20-28-62)33-64(45-15-13-39(58)31-43(45)52)47-41(17-23-60-50(47)56)49(66)42-18-24-61-51(57)48(42)65-34-53(44-32-40(59)14-16-46(44)65)21-29-63(30-22-53)26-2-4-36-7-11-38(55)12-8-36/h1-18,23-24,31-32H,19-22,25-30,33-34H2/b3-1+,4-2+. The van der Waals surface area contributed by atoms with Crippen molar-refractivity contribution >= 4 is 87.1 Å². The molecule has 4 aromatic carbocycles. The van der Waals surface area contributed by atoms with E-state index in [4.69, 9.17) is 46.4 Å². The van der Waals surface area contributed by atoms with Crippen LogP contribution in [0.1, 0.15) is 63.9 Å². The summed E-state index contributed by atoms with van der Waals surface area (Å²) in [5.41, 5.74) is 6.39. The number of piperidine rings is 2. The van der Waals surface area contributed by atoms with Crippen LogP contribution < -0.4 is 9.80 Å². The van der Waals surface area contributed by atoms with Crippen molar-refractivity contribution in [1.29, 1.82) is 0 Å². The molecule has 0 N–H and O–H groups in total. The number of pyridine rings is 2. The third-order valence-corrected chi connectivity index (χ3v) is 15.1. The maximum absolute atomic E-state index is 15.3. The Morgan fingerprint density at radius 3 is 1.35 bits per heavy atom. The first-order chi connectivity index (χ1) is 32.0. The van der Waals surface area contributed by atoms with Crippen LogP contribution in [0.25, 0.3) is 12.2 Å². The molecule has 10 rings (SSSR count). The van der Waals surface area contributed by atoms with Crippen molar-refractivity contribution < 1.29 is 13.6 Å². The van der Waals surface area contributed by atoms with Gasteiger partial charge >= 0.3 is 0 Å². The lowest BCUT2D eigenvalue weighted by molar-refractivity contribution is 0.103. The molecule has 66 heavy (non-hydrogen) atoms. The van der Waals surface area contributed by atoms with Crippen LogP contribution in [0.3, 0.4) is 0 Å². The molecule has 0 saturated carbocycles. The number of nitrogens with zero attached hydrogens (tertiary/aromatic N) is 6. The molecule has 336 valence electrons. The minimum Gasteiger partial charge on any atom is -0.337 e. The molecule has 2 aromatic heterocycles. The van der Waals surface area contributed by atoms with E-state index in [0.717, 1.165) is 98.6 Å². The highest BCUT2D eigenvalue weighted by Crippen LogP contribution is 2.54. The summed E-state index contributed by atoms with van der Waals surface area (Å²) in [4.78, 5) is 33.2. The summed E-state index contributed by atoms with van der Waals surface area (Å²) >= 11 is 26.3. The minimum absolute atomic E-state index is 0.162. The molecule has 2 saturated heterocycles. The van der Waals surface area contributed by atoms with Gasteiger partial charge in [-0.15, -0.1) is 0 Å². The first-order valence-electron chi connectivity index (χ1n) is 22.3. The van der Waals surface area contributed by atoms with Crippen LogP contribution in [0.4, 0.5) is 31.5 Å². The zero-order valence-corrected chi connectivity index (χ0v) is 39.1. The fourth-order valence-electron chi connectivity index (χ4n) is 10.6. The number of carbonyl (C=O) groups is 1. The van der Waals surface area contributed by atoms with Crippen LogP contribution in [0.15, 0.2) is 122 Å². The maximum atomic E-state index is 15.3. The van der Waals surface area contributed by atoms with Crippen molar-refractivity contribution in [3.63, 3.8) is 0 Å². The lowest BCUT2D eigenvalue weighted by Gasteiger charge is -2.40. The molecule has 13 heteroatoms. The lowest BCUT2D eigenvalue weighted by atomic mass is 9.74. The maximum Gasteiger partial charge on any atom is 0.197 e. The monoisotopic (exact) mass is 960 g/mol. The number of carbonyl (C=O) groups excluding carboxylic acids is 1. The van der Waals surface area contributed by atoms with Gasteiger partial charge in [0.05, 0.1) is 22.5 Å². The molecule has 0 amide bonds. The first-order valence-corrected chi connectivity index (χ1v) is 23.8. The second kappa shape index (κ2) is 18.5. The number of ketones is 1. The highest BCUT2D eigenvalue weighted by Gasteiger charge is 2.48. The quantitative estimate of drug-likeness (QED) is 0.100. The van der Waals surface area contributed by atoms with Crippen molar-refractivity contribution in [2.75, 3.05) is 62.2 Å². The molecule has 4 aliphatic rings. The van der Waals surface area contributed by atoms with E-state index in [1.54, 1.807) is 36.4 Å². The molecule has 6 aromatic rings. The smallest absolute Gasteiger partial charge is 0.197 e. The summed E-state index contributed by atoms with van der Waals surface area (Å²) in [6, 6.07) is 28.7. The van der Waals surface area contributed by atoms with E-state index in [9.17, 15) is 0 Å². The van der Waals surface area contributed by atoms with Gasteiger partial charge in [-0.3, -0.25) is 14.6 Å². The van der Waals surface area contributed by atoms with Gasteiger partial charge in [0.2, 0.25) is 0 Å². The van der Waals surface area contributed by atoms with Crippen LogP contribution in [0.5, 0.6) is 0 Å². The van der Waals surface area contributed by atoms with Crippen molar-refractivity contribution in [3.05, 3.63) is 187 Å². The van der Waals surface area contributed by atoms with E-state index in [0.29, 0.717) is 45.6 Å². The Morgan fingerprint density at radius 1 is 0.561 bits per heavy atom. The van der Waals surface area contributed by atoms with E-state index in [1.165, 1.54) is 24.5 Å². The zero-order chi connectivity index (χ0) is 45.6. The Morgan fingerprint density at radius 2 is 0.955 bits per heavy atom. The molecule has 0 bridgehead atoms. The van der Waals surface area contributed by atoms with Gasteiger partial charge in [-0.2, -0.15) is 0 Å². The first kappa shape index (κ1) is 44.7. The highest BCUT2D eigenvalue weighted by molar-refractivity contribution is 6.35. The Kier molecular flexibility index (Phi) is 12.5. The Labute approximate surface area is 403 Å². The van der Waals surface area contributed by atoms with Gasteiger partial charge in [-0.05, 0) is 147 Å². The molecule has 6 heterocycles. The van der Waals surface area contributed by atoms with Gasteiger partial charge in [-0.25, -0.2) is 18.7 Å². The SMILES string of the molecule is O=C(c1ccnc(Cl)c1N1CC2(CCN(C/C=C/c3ccc(Cl)cc3)CC2)c2cc(F)ccc21)c1ccnc(Cl)c1N1CC2(CCN(C/C=C/c3ccc(Cl)cc3)CC2)c2cc(F)ccc21. The van der Waals surface area contributed by atoms with Gasteiger partial charge < -0.3 is 9.80 Å². The molecular formula is C53H46Cl4F2N6O. The average Bonchev–Trinajstić information content (AvgIpc) is 3.79. The number of anilines is 4. The fourth-order valence-corrected chi connectivity index (χ4v) is 11.3. The summed E-state index contributed by atoms with van der Waals surface area (Å²) in [5.74, 6) is -0.936. The van der Waals surface area contributed by atoms with Crippen LogP contribution in [0.2, 0.25) is 20.4 Å². The van der Waals surface area contributed by atoms with E-state index in [-0.39, 0.29) is 38.6 Å². The number of fused-ring (bicyclic) bond motifs is 4. The molecule has 7 nitrogen and oxygen atoms in total. The molecule has 0 radical (unpaired) electrons. The summed E-state index contributed by atoms with van der Waals surface area (Å²) in [7, 11) is 0. The molecule has 2 fully saturated rings. The fraction of sp³-hybridized carbons (Fsp3) is 0.264. The van der Waals surface area contributed by atoms with Gasteiger partial charge in [0.15, 0.2) is 16.1 Å². The Bertz CT molecular complexity index is 2660. The van der Waals surface area contributed by atoms with Crippen LogP contribution in [-0.4, -0.2) is 77.9 Å². The molecule has 0 aliphatic carbocycles. The number of halogens is 6. The number of benzene rings is 4. The highest BCUT2D eigenvalue weighted by atomic mass is 35.5. The number of rotatable bonds is 10. The number of aromatic nitrogens is 2. The number of hydrogen-bond acceptors (Lipinski definition) is 7. The molecular weight excluding hydrogens is 916 g/mol. The van der Waals surface area contributed by atoms with Gasteiger partial charge in [0.25, 0.3) is 0 Å². The van der Waals surface area contributed by atoms with E-state index >= 15 is 13.6 Å². The number of likely N-dealkylation sites (tertiary alicyclic amines) is 2. The van der Waals surface area contributed by atoms with Crippen molar-refractivity contribution in [1.82, 2.24) is 19.8 Å². The van der Waals surface area contributed by atoms with Gasteiger partial charge in [-0.1, -0.05) is 95.0 Å². The molecule has 0 unspecified atom stereocenters. The predicted molar refractivity (Wildman–Crippen MR) is 264 cm³/mol. The van der Waals surface area contributed by atoms with Crippen LogP contribution >= 0.6 is 46.4 Å². The van der Waals surface area contributed by atoms with Crippen molar-refractivity contribution in [2.45, 2.75) is 36.5 Å². The van der Waals surface area contributed by atoms with E-state index < -0.39 is 0 Å². The third-order valence-electron chi connectivity index (χ3n) is 14.1. The summed E-state index contributed by atoms with van der Waals surface area (Å²) in [6.45, 7) is 5.79. The number of hydrogen-bond donors (Lipinski definition) is 0. The van der Waals surface area contributed by atoms with Crippen molar-refractivity contribution in [2.24, 2.45) is 0 Å². The Balaban J connectivity index is 0.920. The average molecular weight is 963 g/mol. The van der Waals surface area contributed by atoms with Gasteiger partial charge in [0, 0.05) is 70.8 Å². The minimum atomic E-state index is -0.385. The lowest BCUT2D eigenvalue weighted by Crippen LogP contribution is -2.45. The summed E-state index contributed by atoms with van der Waals surface area (Å²) < 4.78 is 30.4. The van der Waals surface area contributed by atoms with Crippen LogP contribution in [0, 0.1) is 11.6 Å². The second-order valence-electron chi connectivity index (χ2n) is 17.9.